The fraction of sp³-hybridized carbons (Fsp3) is 0.320. The van der Waals surface area contributed by atoms with E-state index in [1.807, 2.05) is 13.0 Å². The lowest BCUT2D eigenvalue weighted by Gasteiger charge is -2.23. The van der Waals surface area contributed by atoms with Crippen LogP contribution in [0, 0.1) is 13.8 Å². The number of methoxy groups -OCH3 is 3. The summed E-state index contributed by atoms with van der Waals surface area (Å²) in [5.41, 5.74) is 3.01. The molecule has 1 aromatic carbocycles. The maximum Gasteiger partial charge on any atom is 0.243 e. The standard InChI is InChI=1S/C25H29N7O5S/c1-15-10-18(13-26-11-15)24-29-30-25(32(24)22-20(35-4)8-7-9-21(22)36-5)31-38(33,34)17(3)23(37-6)19-14-27-16(2)12-28-19/h7-14,17,23H,1-6H3,(H,30,31)/t17-,23-/m0/s1. The van der Waals surface area contributed by atoms with Crippen LogP contribution in [0.3, 0.4) is 0 Å². The number of sulfonamides is 1. The third-order valence-electron chi connectivity index (χ3n) is 5.92. The number of ether oxygens (including phenoxy) is 3. The maximum atomic E-state index is 13.6. The SMILES string of the molecule is COc1cccc(OC)c1-n1c(NS(=O)(=O)[C@@H](C)[C@H](OC)c2cnc(C)cn2)nnc1-c1cncc(C)c1. The van der Waals surface area contributed by atoms with Crippen molar-refractivity contribution in [2.24, 2.45) is 0 Å². The number of anilines is 1. The number of nitrogens with one attached hydrogen (secondary N) is 1. The smallest absolute Gasteiger partial charge is 0.243 e. The van der Waals surface area contributed by atoms with Crippen LogP contribution in [0.5, 0.6) is 11.5 Å². The predicted octanol–water partition coefficient (Wildman–Crippen LogP) is 3.27. The van der Waals surface area contributed by atoms with Crippen LogP contribution in [0.2, 0.25) is 0 Å². The average molecular weight is 540 g/mol. The Balaban J connectivity index is 1.84. The first-order valence-corrected chi connectivity index (χ1v) is 13.2. The number of hydrogen-bond donors (Lipinski definition) is 1. The molecular formula is C25H29N7O5S. The highest BCUT2D eigenvalue weighted by atomic mass is 32.2. The second kappa shape index (κ2) is 11.1. The van der Waals surface area contributed by atoms with E-state index in [0.29, 0.717) is 40.0 Å². The molecule has 0 amide bonds. The van der Waals surface area contributed by atoms with Crippen LogP contribution in [0.25, 0.3) is 17.1 Å². The van der Waals surface area contributed by atoms with Gasteiger partial charge < -0.3 is 14.2 Å². The Morgan fingerprint density at radius 1 is 0.947 bits per heavy atom. The summed E-state index contributed by atoms with van der Waals surface area (Å²) < 4.78 is 48.1. The van der Waals surface area contributed by atoms with E-state index < -0.39 is 21.4 Å². The van der Waals surface area contributed by atoms with Gasteiger partial charge in [-0.15, -0.1) is 10.2 Å². The maximum absolute atomic E-state index is 13.6. The molecule has 1 N–H and O–H groups in total. The van der Waals surface area contributed by atoms with Gasteiger partial charge in [0, 0.05) is 31.3 Å². The van der Waals surface area contributed by atoms with Crippen molar-refractivity contribution in [2.75, 3.05) is 26.1 Å². The minimum Gasteiger partial charge on any atom is -0.494 e. The molecule has 38 heavy (non-hydrogen) atoms. The van der Waals surface area contributed by atoms with Crippen molar-refractivity contribution in [2.45, 2.75) is 32.1 Å². The molecule has 0 saturated heterocycles. The molecule has 4 rings (SSSR count). The summed E-state index contributed by atoms with van der Waals surface area (Å²) in [5.74, 6) is 1.11. The molecule has 2 atom stereocenters. The summed E-state index contributed by atoms with van der Waals surface area (Å²) in [6.07, 6.45) is 5.49. The second-order valence-electron chi connectivity index (χ2n) is 8.54. The Morgan fingerprint density at radius 2 is 1.66 bits per heavy atom. The van der Waals surface area contributed by atoms with E-state index in [-0.39, 0.29) is 5.95 Å². The minimum absolute atomic E-state index is 0.0685. The summed E-state index contributed by atoms with van der Waals surface area (Å²) in [6, 6.07) is 7.09. The average Bonchev–Trinajstić information content (AvgIpc) is 3.31. The Morgan fingerprint density at radius 3 is 2.24 bits per heavy atom. The van der Waals surface area contributed by atoms with Crippen molar-refractivity contribution in [3.8, 4) is 28.6 Å². The lowest BCUT2D eigenvalue weighted by molar-refractivity contribution is 0.0985. The molecule has 0 aliphatic rings. The van der Waals surface area contributed by atoms with Gasteiger partial charge in [-0.25, -0.2) is 8.42 Å². The number of benzene rings is 1. The molecular weight excluding hydrogens is 510 g/mol. The molecule has 3 heterocycles. The summed E-state index contributed by atoms with van der Waals surface area (Å²) >= 11 is 0. The zero-order chi connectivity index (χ0) is 27.4. The predicted molar refractivity (Wildman–Crippen MR) is 141 cm³/mol. The van der Waals surface area contributed by atoms with Crippen LogP contribution in [0.15, 0.2) is 49.1 Å². The number of para-hydroxylation sites is 1. The number of aryl methyl sites for hydroxylation is 2. The van der Waals surface area contributed by atoms with E-state index in [0.717, 1.165) is 5.56 Å². The van der Waals surface area contributed by atoms with Gasteiger partial charge in [0.1, 0.15) is 28.5 Å². The summed E-state index contributed by atoms with van der Waals surface area (Å²) in [5, 5.41) is 7.44. The van der Waals surface area contributed by atoms with Crippen molar-refractivity contribution in [1.29, 1.82) is 0 Å². The summed E-state index contributed by atoms with van der Waals surface area (Å²) in [7, 11) is 0.343. The first-order chi connectivity index (χ1) is 18.2. The molecule has 0 fully saturated rings. The quantitative estimate of drug-likeness (QED) is 0.319. The third kappa shape index (κ3) is 5.29. The lowest BCUT2D eigenvalue weighted by Crippen LogP contribution is -2.33. The van der Waals surface area contributed by atoms with Crippen LogP contribution in [-0.2, 0) is 14.8 Å². The summed E-state index contributed by atoms with van der Waals surface area (Å²) in [4.78, 5) is 12.8. The number of hydrogen-bond acceptors (Lipinski definition) is 10. The van der Waals surface area contributed by atoms with Crippen LogP contribution < -0.4 is 14.2 Å². The highest BCUT2D eigenvalue weighted by molar-refractivity contribution is 7.93. The monoisotopic (exact) mass is 539 g/mol. The molecule has 0 aliphatic carbocycles. The Hall–Kier alpha value is -4.10. The first-order valence-electron chi connectivity index (χ1n) is 11.6. The molecule has 0 spiro atoms. The highest BCUT2D eigenvalue weighted by Crippen LogP contribution is 2.38. The van der Waals surface area contributed by atoms with Crippen molar-refractivity contribution in [3.63, 3.8) is 0 Å². The molecule has 0 saturated carbocycles. The zero-order valence-electron chi connectivity index (χ0n) is 21.9. The van der Waals surface area contributed by atoms with E-state index in [4.69, 9.17) is 14.2 Å². The van der Waals surface area contributed by atoms with Gasteiger partial charge in [0.2, 0.25) is 16.0 Å². The van der Waals surface area contributed by atoms with Crippen LogP contribution in [0.1, 0.15) is 30.0 Å². The van der Waals surface area contributed by atoms with Gasteiger partial charge >= 0.3 is 0 Å². The molecule has 200 valence electrons. The number of nitrogens with zero attached hydrogens (tertiary/aromatic N) is 6. The van der Waals surface area contributed by atoms with Gasteiger partial charge in [0.15, 0.2) is 5.82 Å². The van der Waals surface area contributed by atoms with Crippen molar-refractivity contribution >= 4 is 16.0 Å². The molecule has 13 heteroatoms. The number of aromatic nitrogens is 6. The van der Waals surface area contributed by atoms with Crippen LogP contribution in [0.4, 0.5) is 5.95 Å². The van der Waals surface area contributed by atoms with E-state index >= 15 is 0 Å². The largest absolute Gasteiger partial charge is 0.494 e. The van der Waals surface area contributed by atoms with Gasteiger partial charge in [-0.05, 0) is 44.5 Å². The lowest BCUT2D eigenvalue weighted by atomic mass is 10.2. The van der Waals surface area contributed by atoms with Gasteiger partial charge in [0.25, 0.3) is 0 Å². The first kappa shape index (κ1) is 26.9. The van der Waals surface area contributed by atoms with Crippen LogP contribution in [-0.4, -0.2) is 64.7 Å². The van der Waals surface area contributed by atoms with Crippen molar-refractivity contribution in [3.05, 3.63) is 66.0 Å². The van der Waals surface area contributed by atoms with Gasteiger partial charge in [-0.3, -0.25) is 24.2 Å². The molecule has 0 radical (unpaired) electrons. The fourth-order valence-corrected chi connectivity index (χ4v) is 5.11. The number of pyridine rings is 1. The second-order valence-corrected chi connectivity index (χ2v) is 10.6. The summed E-state index contributed by atoms with van der Waals surface area (Å²) in [6.45, 7) is 5.21. The fourth-order valence-electron chi connectivity index (χ4n) is 3.96. The van der Waals surface area contributed by atoms with E-state index in [9.17, 15) is 8.42 Å². The molecule has 12 nitrogen and oxygen atoms in total. The van der Waals surface area contributed by atoms with E-state index in [1.165, 1.54) is 39.0 Å². The van der Waals surface area contributed by atoms with E-state index in [1.54, 1.807) is 43.7 Å². The Labute approximate surface area is 221 Å². The van der Waals surface area contributed by atoms with Crippen molar-refractivity contribution in [1.82, 2.24) is 29.7 Å². The molecule has 0 aliphatic heterocycles. The van der Waals surface area contributed by atoms with Crippen molar-refractivity contribution < 1.29 is 22.6 Å². The molecule has 0 bridgehead atoms. The van der Waals surface area contributed by atoms with Crippen LogP contribution >= 0.6 is 0 Å². The Kier molecular flexibility index (Phi) is 7.88. The normalized spacial score (nSPS) is 13.1. The number of rotatable bonds is 10. The highest BCUT2D eigenvalue weighted by Gasteiger charge is 2.34. The molecule has 4 aromatic rings. The molecule has 3 aromatic heterocycles. The third-order valence-corrected chi connectivity index (χ3v) is 7.61. The topological polar surface area (TPSA) is 143 Å². The minimum atomic E-state index is -4.09. The molecule has 0 unspecified atom stereocenters. The van der Waals surface area contributed by atoms with Gasteiger partial charge in [-0.1, -0.05) is 6.07 Å². The van der Waals surface area contributed by atoms with E-state index in [2.05, 4.69) is 29.9 Å². The zero-order valence-corrected chi connectivity index (χ0v) is 22.7. The van der Waals surface area contributed by atoms with Gasteiger partial charge in [-0.2, -0.15) is 0 Å². The Bertz CT molecular complexity index is 1500. The van der Waals surface area contributed by atoms with Gasteiger partial charge in [0.05, 0.1) is 31.8 Å².